The Morgan fingerprint density at radius 3 is 0.947 bits per heavy atom. The Morgan fingerprint density at radius 1 is 0.579 bits per heavy atom. The molecule has 0 saturated carbocycles. The molecule has 0 fully saturated rings. The molecule has 0 aromatic carbocycles. The first kappa shape index (κ1) is 22.5. The van der Waals surface area contributed by atoms with E-state index in [2.05, 4.69) is 85.6 Å². The maximum atomic E-state index is 3.70. The summed E-state index contributed by atoms with van der Waals surface area (Å²) in [6.07, 6.45) is 0. The monoisotopic (exact) mass is 634 g/mol. The Bertz CT molecular complexity index is 305. The van der Waals surface area contributed by atoms with Crippen LogP contribution in [-0.2, 0) is 0 Å². The third-order valence-electron chi connectivity index (χ3n) is 3.17. The van der Waals surface area contributed by atoms with E-state index in [1.165, 1.54) is 0 Å². The summed E-state index contributed by atoms with van der Waals surface area (Å²) in [7, 11) is 0. The van der Waals surface area contributed by atoms with Crippen LogP contribution in [0, 0.1) is 0 Å². The molecule has 0 spiro atoms. The van der Waals surface area contributed by atoms with Gasteiger partial charge in [0.05, 0.1) is 0 Å². The van der Waals surface area contributed by atoms with Gasteiger partial charge in [0.15, 0.2) is 0 Å². The molecular weight excluding hydrogens is 601 g/mol. The van der Waals surface area contributed by atoms with Gasteiger partial charge >= 0.3 is 153 Å². The van der Waals surface area contributed by atoms with E-state index in [0.717, 1.165) is 59.3 Å². The molecule has 0 unspecified atom stereocenters. The quantitative estimate of drug-likeness (QED) is 0.285. The molecule has 0 aliphatic carbocycles. The standard InChI is InChI=1S/C12H28P2Se5/c1-9(2)13(15,10(3)4)17-19-18-14(16,11(5)6)12(7)8/h9-12H,1-8H3. The minimum atomic E-state index is -0.775. The van der Waals surface area contributed by atoms with E-state index in [9.17, 15) is 0 Å². The van der Waals surface area contributed by atoms with E-state index in [1.54, 1.807) is 0 Å². The summed E-state index contributed by atoms with van der Waals surface area (Å²) < 4.78 is -1.55. The fraction of sp³-hybridized carbons (Fsp3) is 1.00. The molecule has 0 nitrogen and oxygen atoms in total. The fourth-order valence-electron chi connectivity index (χ4n) is 1.65. The second-order valence-corrected chi connectivity index (χ2v) is 56.2. The van der Waals surface area contributed by atoms with Gasteiger partial charge in [-0.1, -0.05) is 0 Å². The zero-order valence-corrected chi connectivity index (χ0v) is 23.6. The Hall–Kier alpha value is 3.46. The Labute approximate surface area is 151 Å². The molecule has 0 saturated heterocycles. The van der Waals surface area contributed by atoms with Gasteiger partial charge in [0, 0.05) is 0 Å². The van der Waals surface area contributed by atoms with Crippen LogP contribution in [0.5, 0.6) is 0 Å². The van der Waals surface area contributed by atoms with Crippen molar-refractivity contribution in [3.05, 3.63) is 0 Å². The van der Waals surface area contributed by atoms with Crippen molar-refractivity contribution in [1.29, 1.82) is 0 Å². The van der Waals surface area contributed by atoms with Crippen LogP contribution < -0.4 is 0 Å². The van der Waals surface area contributed by atoms with Crippen molar-refractivity contribution in [1.82, 2.24) is 0 Å². The minimum absolute atomic E-state index is 0.775. The SMILES string of the molecule is CC(C)P(=[Se])([Se][Se][Se]P(=[Se])(C(C)C)C(C)C)C(C)C. The van der Waals surface area contributed by atoms with Crippen molar-refractivity contribution in [2.24, 2.45) is 0 Å². The van der Waals surface area contributed by atoms with Crippen molar-refractivity contribution in [3.63, 3.8) is 0 Å². The molecule has 0 aromatic rings. The topological polar surface area (TPSA) is 0 Å². The molecule has 116 valence electrons. The Kier molecular flexibility index (Phi) is 11.4. The van der Waals surface area contributed by atoms with Gasteiger partial charge in [-0.25, -0.2) is 0 Å². The van der Waals surface area contributed by atoms with Gasteiger partial charge < -0.3 is 0 Å². The molecule has 0 radical (unpaired) electrons. The van der Waals surface area contributed by atoms with Crippen molar-refractivity contribution in [2.75, 3.05) is 0 Å². The van der Waals surface area contributed by atoms with Crippen LogP contribution in [0.1, 0.15) is 55.4 Å². The van der Waals surface area contributed by atoms with Crippen LogP contribution in [0.15, 0.2) is 0 Å². The fourth-order valence-corrected chi connectivity index (χ4v) is 133. The molecular formula is C12H28P2Se5. The van der Waals surface area contributed by atoms with Crippen LogP contribution in [0.2, 0.25) is 0 Å². The summed E-state index contributed by atoms with van der Waals surface area (Å²) in [5.74, 6) is 0. The third-order valence-corrected chi connectivity index (χ3v) is 95.0. The molecule has 19 heavy (non-hydrogen) atoms. The predicted molar refractivity (Wildman–Crippen MR) is 103 cm³/mol. The van der Waals surface area contributed by atoms with Gasteiger partial charge in [0.25, 0.3) is 0 Å². The number of rotatable bonds is 8. The summed E-state index contributed by atoms with van der Waals surface area (Å²) in [4.78, 5) is 0. The Morgan fingerprint density at radius 2 is 0.789 bits per heavy atom. The average Bonchev–Trinajstić information content (AvgIpc) is 2.27. The number of hydrogen-bond acceptors (Lipinski definition) is 0. The van der Waals surface area contributed by atoms with Crippen molar-refractivity contribution in [3.8, 4) is 0 Å². The van der Waals surface area contributed by atoms with E-state index in [0.29, 0.717) is 0 Å². The first-order valence-corrected chi connectivity index (χ1v) is 28.1. The van der Waals surface area contributed by atoms with Crippen LogP contribution in [-0.4, -0.2) is 89.5 Å². The summed E-state index contributed by atoms with van der Waals surface area (Å²) in [5, 5.41) is 0. The van der Waals surface area contributed by atoms with E-state index < -0.39 is 8.40 Å². The van der Waals surface area contributed by atoms with Crippen LogP contribution >= 0.6 is 8.40 Å². The molecule has 0 atom stereocenters. The number of hydrogen-bond donors (Lipinski definition) is 0. The molecule has 0 aliphatic heterocycles. The molecule has 0 amide bonds. The first-order chi connectivity index (χ1) is 8.48. The zero-order chi connectivity index (χ0) is 15.4. The van der Waals surface area contributed by atoms with Gasteiger partial charge in [-0.2, -0.15) is 0 Å². The van der Waals surface area contributed by atoms with Gasteiger partial charge in [-0.15, -0.1) is 0 Å². The molecule has 0 N–H and O–H groups in total. The summed E-state index contributed by atoms with van der Waals surface area (Å²) >= 11 is 10.1. The molecule has 7 heteroatoms. The summed E-state index contributed by atoms with van der Waals surface area (Å²) in [6.45, 7) is 19.6. The van der Waals surface area contributed by atoms with Crippen LogP contribution in [0.4, 0.5) is 0 Å². The van der Waals surface area contributed by atoms with Crippen LogP contribution in [0.25, 0.3) is 0 Å². The average molecular weight is 629 g/mol. The van der Waals surface area contributed by atoms with Gasteiger partial charge in [-0.05, 0) is 0 Å². The van der Waals surface area contributed by atoms with Crippen molar-refractivity contribution < 1.29 is 0 Å². The van der Waals surface area contributed by atoms with E-state index in [-0.39, 0.29) is 0 Å². The van der Waals surface area contributed by atoms with Crippen molar-refractivity contribution in [2.45, 2.75) is 78.0 Å². The van der Waals surface area contributed by atoms with Gasteiger partial charge in [0.1, 0.15) is 0 Å². The molecule has 0 bridgehead atoms. The normalized spacial score (nSPS) is 14.1. The van der Waals surface area contributed by atoms with E-state index >= 15 is 0 Å². The molecule has 0 rings (SSSR count). The predicted octanol–water partition coefficient (Wildman–Crippen LogP) is 3.59. The Balaban J connectivity index is 4.75. The van der Waals surface area contributed by atoms with Gasteiger partial charge in [-0.3, -0.25) is 0 Å². The second-order valence-electron chi connectivity index (χ2n) is 5.88. The second kappa shape index (κ2) is 9.68. The summed E-state index contributed by atoms with van der Waals surface area (Å²) in [5.41, 5.74) is 3.54. The van der Waals surface area contributed by atoms with E-state index in [4.69, 9.17) is 0 Å². The molecule has 0 aliphatic rings. The molecule has 0 heterocycles. The third kappa shape index (κ3) is 6.46. The molecule has 0 aromatic heterocycles. The summed E-state index contributed by atoms with van der Waals surface area (Å²) in [6, 6.07) is 0. The zero-order valence-electron chi connectivity index (χ0n) is 13.2. The van der Waals surface area contributed by atoms with Crippen LogP contribution in [0.3, 0.4) is 0 Å². The van der Waals surface area contributed by atoms with E-state index in [1.807, 2.05) is 0 Å². The first-order valence-electron chi connectivity index (χ1n) is 6.72. The van der Waals surface area contributed by atoms with Crippen molar-refractivity contribution >= 4 is 75.3 Å². The van der Waals surface area contributed by atoms with Gasteiger partial charge in [0.2, 0.25) is 0 Å². The maximum absolute atomic E-state index is 3.70.